The molecule has 0 rings (SSSR count). The molecule has 0 aliphatic heterocycles. The van der Waals surface area contributed by atoms with Gasteiger partial charge in [0.1, 0.15) is 0 Å². The molecule has 4 heteroatoms. The molecule has 0 saturated carbocycles. The topological polar surface area (TPSA) is 20.2 Å². The molecule has 11 heavy (non-hydrogen) atoms. The second-order valence-electron chi connectivity index (χ2n) is 3.23. The Kier molecular flexibility index (Phi) is 2.94. The monoisotopic (exact) mass is 170 g/mol. The van der Waals surface area contributed by atoms with Crippen LogP contribution in [0.2, 0.25) is 0 Å². The maximum Gasteiger partial charge on any atom is 0.396 e. The zero-order chi connectivity index (χ0) is 9.28. The molecule has 1 N–H and O–H groups in total. The van der Waals surface area contributed by atoms with Crippen molar-refractivity contribution in [2.24, 2.45) is 11.3 Å². The van der Waals surface area contributed by atoms with E-state index in [2.05, 4.69) is 0 Å². The Morgan fingerprint density at radius 3 is 1.64 bits per heavy atom. The van der Waals surface area contributed by atoms with Gasteiger partial charge in [-0.3, -0.25) is 0 Å². The Balaban J connectivity index is 4.61. The van der Waals surface area contributed by atoms with Crippen molar-refractivity contribution in [3.05, 3.63) is 0 Å². The fraction of sp³-hybridized carbons (Fsp3) is 1.00. The molecular weight excluding hydrogens is 157 g/mol. The summed E-state index contributed by atoms with van der Waals surface area (Å²) in [6, 6.07) is 0. The predicted octanol–water partition coefficient (Wildman–Crippen LogP) is 2.20. The molecule has 0 aromatic heterocycles. The van der Waals surface area contributed by atoms with Crippen LogP contribution in [0, 0.1) is 11.3 Å². The van der Waals surface area contributed by atoms with Crippen molar-refractivity contribution in [2.45, 2.75) is 26.9 Å². The highest BCUT2D eigenvalue weighted by molar-refractivity contribution is 4.84. The quantitative estimate of drug-likeness (QED) is 0.673. The molecule has 0 heterocycles. The molecular formula is C7H13F3O. The van der Waals surface area contributed by atoms with Crippen LogP contribution in [0.3, 0.4) is 0 Å². The van der Waals surface area contributed by atoms with Crippen LogP contribution in [0.1, 0.15) is 20.8 Å². The van der Waals surface area contributed by atoms with Gasteiger partial charge in [-0.05, 0) is 12.8 Å². The van der Waals surface area contributed by atoms with Crippen LogP contribution in [0.15, 0.2) is 0 Å². The molecule has 0 bridgehead atoms. The summed E-state index contributed by atoms with van der Waals surface area (Å²) < 4.78 is 36.6. The summed E-state index contributed by atoms with van der Waals surface area (Å²) >= 11 is 0. The average Bonchev–Trinajstić information content (AvgIpc) is 1.83. The second kappa shape index (κ2) is 3.01. The van der Waals surface area contributed by atoms with Crippen molar-refractivity contribution in [1.29, 1.82) is 0 Å². The van der Waals surface area contributed by atoms with E-state index in [9.17, 15) is 13.2 Å². The van der Waals surface area contributed by atoms with E-state index in [1.165, 1.54) is 13.8 Å². The van der Waals surface area contributed by atoms with E-state index in [0.29, 0.717) is 0 Å². The van der Waals surface area contributed by atoms with E-state index in [4.69, 9.17) is 5.11 Å². The standard InChI is InChI=1S/C7H13F3O/c1-5(2)6(3,4-11)7(8,9)10/h5,11H,4H2,1-3H3. The maximum atomic E-state index is 12.2. The van der Waals surface area contributed by atoms with Gasteiger partial charge >= 0.3 is 6.18 Å². The molecule has 0 aliphatic rings. The fourth-order valence-electron chi connectivity index (χ4n) is 0.600. The summed E-state index contributed by atoms with van der Waals surface area (Å²) in [5.74, 6) is -0.604. The molecule has 0 spiro atoms. The number of aliphatic hydroxyl groups is 1. The van der Waals surface area contributed by atoms with Crippen LogP contribution in [0.5, 0.6) is 0 Å². The van der Waals surface area contributed by atoms with Gasteiger partial charge in [-0.25, -0.2) is 0 Å². The zero-order valence-electron chi connectivity index (χ0n) is 6.87. The van der Waals surface area contributed by atoms with E-state index in [1.807, 2.05) is 0 Å². The van der Waals surface area contributed by atoms with E-state index < -0.39 is 24.1 Å². The molecule has 0 amide bonds. The summed E-state index contributed by atoms with van der Waals surface area (Å²) in [4.78, 5) is 0. The van der Waals surface area contributed by atoms with Gasteiger partial charge in [-0.2, -0.15) is 13.2 Å². The Bertz CT molecular complexity index is 130. The van der Waals surface area contributed by atoms with Crippen LogP contribution in [0.25, 0.3) is 0 Å². The predicted molar refractivity (Wildman–Crippen MR) is 36.1 cm³/mol. The van der Waals surface area contributed by atoms with Crippen molar-refractivity contribution in [3.8, 4) is 0 Å². The second-order valence-corrected chi connectivity index (χ2v) is 3.23. The van der Waals surface area contributed by atoms with Crippen LogP contribution in [0.4, 0.5) is 13.2 Å². The molecule has 1 unspecified atom stereocenters. The normalized spacial score (nSPS) is 18.5. The largest absolute Gasteiger partial charge is 0.396 e. The van der Waals surface area contributed by atoms with Gasteiger partial charge in [-0.15, -0.1) is 0 Å². The summed E-state index contributed by atoms with van der Waals surface area (Å²) in [7, 11) is 0. The first-order valence-electron chi connectivity index (χ1n) is 3.43. The van der Waals surface area contributed by atoms with Gasteiger partial charge in [0.2, 0.25) is 0 Å². The van der Waals surface area contributed by atoms with Crippen LogP contribution in [-0.2, 0) is 0 Å². The molecule has 1 atom stereocenters. The minimum Gasteiger partial charge on any atom is -0.395 e. The summed E-state index contributed by atoms with van der Waals surface area (Å²) in [6.45, 7) is 3.07. The number of rotatable bonds is 2. The van der Waals surface area contributed by atoms with Crippen molar-refractivity contribution >= 4 is 0 Å². The Labute approximate surface area is 64.2 Å². The van der Waals surface area contributed by atoms with Gasteiger partial charge in [0.15, 0.2) is 0 Å². The van der Waals surface area contributed by atoms with Crippen LogP contribution >= 0.6 is 0 Å². The molecule has 68 valence electrons. The van der Waals surface area contributed by atoms with Gasteiger partial charge in [-0.1, -0.05) is 13.8 Å². The number of alkyl halides is 3. The van der Waals surface area contributed by atoms with Crippen molar-refractivity contribution in [2.75, 3.05) is 6.61 Å². The van der Waals surface area contributed by atoms with Crippen molar-refractivity contribution in [3.63, 3.8) is 0 Å². The highest BCUT2D eigenvalue weighted by Crippen LogP contribution is 2.43. The van der Waals surface area contributed by atoms with Gasteiger partial charge < -0.3 is 5.11 Å². The number of hydrogen-bond donors (Lipinski definition) is 1. The first-order chi connectivity index (χ1) is 4.75. The zero-order valence-corrected chi connectivity index (χ0v) is 6.87. The molecule has 0 aliphatic carbocycles. The van der Waals surface area contributed by atoms with E-state index in [1.54, 1.807) is 0 Å². The van der Waals surface area contributed by atoms with Gasteiger partial charge in [0, 0.05) is 0 Å². The summed E-state index contributed by atoms with van der Waals surface area (Å²) in [5.41, 5.74) is -1.97. The fourth-order valence-corrected chi connectivity index (χ4v) is 0.600. The lowest BCUT2D eigenvalue weighted by Gasteiger charge is -2.33. The minimum absolute atomic E-state index is 0.604. The lowest BCUT2D eigenvalue weighted by Crippen LogP contribution is -2.42. The molecule has 0 fully saturated rings. The van der Waals surface area contributed by atoms with Crippen LogP contribution in [-0.4, -0.2) is 17.9 Å². The smallest absolute Gasteiger partial charge is 0.395 e. The first-order valence-corrected chi connectivity index (χ1v) is 3.43. The van der Waals surface area contributed by atoms with E-state index >= 15 is 0 Å². The van der Waals surface area contributed by atoms with Gasteiger partial charge in [0.25, 0.3) is 0 Å². The number of hydrogen-bond acceptors (Lipinski definition) is 1. The Morgan fingerprint density at radius 2 is 1.64 bits per heavy atom. The minimum atomic E-state index is -4.32. The third kappa shape index (κ3) is 1.86. The van der Waals surface area contributed by atoms with Crippen LogP contribution < -0.4 is 0 Å². The van der Waals surface area contributed by atoms with E-state index in [-0.39, 0.29) is 0 Å². The third-order valence-corrected chi connectivity index (χ3v) is 2.25. The number of halogens is 3. The van der Waals surface area contributed by atoms with Crippen molar-refractivity contribution in [1.82, 2.24) is 0 Å². The van der Waals surface area contributed by atoms with E-state index in [0.717, 1.165) is 6.92 Å². The summed E-state index contributed by atoms with van der Waals surface area (Å²) in [5, 5.41) is 8.57. The maximum absolute atomic E-state index is 12.2. The lowest BCUT2D eigenvalue weighted by molar-refractivity contribution is -0.243. The summed E-state index contributed by atoms with van der Waals surface area (Å²) in [6.07, 6.45) is -4.32. The highest BCUT2D eigenvalue weighted by atomic mass is 19.4. The average molecular weight is 170 g/mol. The SMILES string of the molecule is CC(C)C(C)(CO)C(F)(F)F. The Morgan fingerprint density at radius 1 is 1.27 bits per heavy atom. The van der Waals surface area contributed by atoms with Gasteiger partial charge in [0.05, 0.1) is 12.0 Å². The number of aliphatic hydroxyl groups excluding tert-OH is 1. The third-order valence-electron chi connectivity index (χ3n) is 2.25. The molecule has 1 nitrogen and oxygen atoms in total. The molecule has 0 saturated heterocycles. The Hall–Kier alpha value is -0.250. The molecule has 0 aromatic carbocycles. The first kappa shape index (κ1) is 10.8. The molecule has 0 aromatic rings. The lowest BCUT2D eigenvalue weighted by atomic mass is 9.79. The van der Waals surface area contributed by atoms with Crippen molar-refractivity contribution < 1.29 is 18.3 Å². The molecule has 0 radical (unpaired) electrons. The highest BCUT2D eigenvalue weighted by Gasteiger charge is 2.52.